The molecule has 0 bridgehead atoms. The average Bonchev–Trinajstić information content (AvgIpc) is 2.39. The molecule has 18 heavy (non-hydrogen) atoms. The van der Waals surface area contributed by atoms with Gasteiger partial charge in [0.15, 0.2) is 0 Å². The Kier molecular flexibility index (Phi) is 4.01. The van der Waals surface area contributed by atoms with E-state index in [2.05, 4.69) is 0 Å². The molecule has 0 spiro atoms. The minimum absolute atomic E-state index is 0.0389. The van der Waals surface area contributed by atoms with Crippen LogP contribution in [0, 0.1) is 0 Å². The summed E-state index contributed by atoms with van der Waals surface area (Å²) in [6, 6.07) is 7.58. The van der Waals surface area contributed by atoms with Crippen LogP contribution in [0.2, 0.25) is 0 Å². The smallest absolute Gasteiger partial charge is 0.253 e. The number of carbonyl (C=O) groups excluding carboxylic acids is 1. The summed E-state index contributed by atoms with van der Waals surface area (Å²) in [5, 5.41) is 0. The molecule has 0 radical (unpaired) electrons. The first-order valence-corrected chi connectivity index (χ1v) is 7.48. The van der Waals surface area contributed by atoms with Gasteiger partial charge in [-0.05, 0) is 24.3 Å². The summed E-state index contributed by atoms with van der Waals surface area (Å²) in [5.74, 6) is 1.24. The minimum Gasteiger partial charge on any atom is -0.378 e. The van der Waals surface area contributed by atoms with Crippen molar-refractivity contribution in [1.82, 2.24) is 4.90 Å². The van der Waals surface area contributed by atoms with Gasteiger partial charge in [0.1, 0.15) is 0 Å². The van der Waals surface area contributed by atoms with Gasteiger partial charge in [0.05, 0.1) is 0 Å². The van der Waals surface area contributed by atoms with Crippen LogP contribution in [0.5, 0.6) is 0 Å². The highest BCUT2D eigenvalue weighted by Crippen LogP contribution is 2.14. The van der Waals surface area contributed by atoms with Gasteiger partial charge in [0.2, 0.25) is 0 Å². The van der Waals surface area contributed by atoms with Crippen LogP contribution >= 0.6 is 0 Å². The molecule has 4 nitrogen and oxygen atoms in total. The van der Waals surface area contributed by atoms with Crippen LogP contribution in [0.1, 0.15) is 10.4 Å². The van der Waals surface area contributed by atoms with E-state index in [1.807, 2.05) is 43.3 Å². The molecule has 0 aromatic heterocycles. The van der Waals surface area contributed by atoms with E-state index in [9.17, 15) is 9.00 Å². The van der Waals surface area contributed by atoms with Gasteiger partial charge in [-0.3, -0.25) is 9.00 Å². The van der Waals surface area contributed by atoms with Gasteiger partial charge in [-0.1, -0.05) is 0 Å². The topological polar surface area (TPSA) is 40.6 Å². The van der Waals surface area contributed by atoms with E-state index in [0.29, 0.717) is 30.2 Å². The molecule has 1 saturated heterocycles. The normalized spacial score (nSPS) is 16.7. The number of rotatable bonds is 2. The van der Waals surface area contributed by atoms with E-state index < -0.39 is 10.8 Å². The van der Waals surface area contributed by atoms with E-state index >= 15 is 0 Å². The molecule has 1 fully saturated rings. The van der Waals surface area contributed by atoms with Gasteiger partial charge >= 0.3 is 0 Å². The number of hydrogen-bond acceptors (Lipinski definition) is 3. The largest absolute Gasteiger partial charge is 0.378 e. The molecule has 0 N–H and O–H groups in total. The van der Waals surface area contributed by atoms with Crippen molar-refractivity contribution >= 4 is 22.4 Å². The Morgan fingerprint density at radius 2 is 1.72 bits per heavy atom. The van der Waals surface area contributed by atoms with Gasteiger partial charge in [0.25, 0.3) is 5.91 Å². The van der Waals surface area contributed by atoms with Crippen molar-refractivity contribution in [2.75, 3.05) is 43.6 Å². The summed E-state index contributed by atoms with van der Waals surface area (Å²) in [4.78, 5) is 16.0. The highest BCUT2D eigenvalue weighted by atomic mass is 32.2. The van der Waals surface area contributed by atoms with Crippen molar-refractivity contribution in [3.63, 3.8) is 0 Å². The molecule has 0 atom stereocenters. The van der Waals surface area contributed by atoms with Crippen LogP contribution in [0.15, 0.2) is 24.3 Å². The number of nitrogens with zero attached hydrogens (tertiary/aromatic N) is 2. The van der Waals surface area contributed by atoms with Crippen molar-refractivity contribution in [2.24, 2.45) is 0 Å². The first-order chi connectivity index (χ1) is 8.58. The van der Waals surface area contributed by atoms with Gasteiger partial charge < -0.3 is 9.80 Å². The molecule has 5 heteroatoms. The predicted octanol–water partition coefficient (Wildman–Crippen LogP) is 0.957. The Balaban J connectivity index is 2.07. The van der Waals surface area contributed by atoms with Crippen molar-refractivity contribution in [3.8, 4) is 0 Å². The third-order valence-corrected chi connectivity index (χ3v) is 4.37. The van der Waals surface area contributed by atoms with Crippen molar-refractivity contribution in [3.05, 3.63) is 29.8 Å². The lowest BCUT2D eigenvalue weighted by Gasteiger charge is -2.26. The average molecular weight is 266 g/mol. The fourth-order valence-corrected chi connectivity index (χ4v) is 2.98. The SMILES string of the molecule is CN(C)c1ccc(C(=O)N2CCS(=O)CC2)cc1. The highest BCUT2D eigenvalue weighted by molar-refractivity contribution is 7.85. The van der Waals surface area contributed by atoms with Crippen LogP contribution in [-0.2, 0) is 10.8 Å². The summed E-state index contributed by atoms with van der Waals surface area (Å²) >= 11 is 0. The maximum atomic E-state index is 12.2. The van der Waals surface area contributed by atoms with Gasteiger partial charge in [-0.15, -0.1) is 0 Å². The van der Waals surface area contributed by atoms with Crippen LogP contribution in [0.4, 0.5) is 5.69 Å². The van der Waals surface area contributed by atoms with E-state index in [0.717, 1.165) is 5.69 Å². The van der Waals surface area contributed by atoms with Crippen molar-refractivity contribution in [2.45, 2.75) is 0 Å². The number of amides is 1. The molecule has 1 aromatic carbocycles. The summed E-state index contributed by atoms with van der Waals surface area (Å²) in [5.41, 5.74) is 1.78. The highest BCUT2D eigenvalue weighted by Gasteiger charge is 2.20. The van der Waals surface area contributed by atoms with Crippen LogP contribution < -0.4 is 4.90 Å². The molecule has 2 rings (SSSR count). The zero-order valence-electron chi connectivity index (χ0n) is 10.8. The third kappa shape index (κ3) is 2.90. The first kappa shape index (κ1) is 13.1. The summed E-state index contributed by atoms with van der Waals surface area (Å²) < 4.78 is 11.3. The summed E-state index contributed by atoms with van der Waals surface area (Å²) in [6.45, 7) is 1.20. The van der Waals surface area contributed by atoms with Crippen LogP contribution in [0.3, 0.4) is 0 Å². The zero-order chi connectivity index (χ0) is 13.1. The number of anilines is 1. The fourth-order valence-electron chi connectivity index (χ4n) is 1.93. The van der Waals surface area contributed by atoms with Crippen molar-refractivity contribution < 1.29 is 9.00 Å². The minimum atomic E-state index is -0.744. The molecule has 0 saturated carbocycles. The molecular weight excluding hydrogens is 248 g/mol. The van der Waals surface area contributed by atoms with E-state index in [1.54, 1.807) is 4.90 Å². The van der Waals surface area contributed by atoms with E-state index in [-0.39, 0.29) is 5.91 Å². The Morgan fingerprint density at radius 3 is 2.22 bits per heavy atom. The van der Waals surface area contributed by atoms with E-state index in [4.69, 9.17) is 0 Å². The van der Waals surface area contributed by atoms with Crippen LogP contribution in [-0.4, -0.2) is 53.7 Å². The number of benzene rings is 1. The molecule has 1 amide bonds. The lowest BCUT2D eigenvalue weighted by atomic mass is 10.1. The maximum Gasteiger partial charge on any atom is 0.253 e. The third-order valence-electron chi connectivity index (χ3n) is 3.10. The predicted molar refractivity (Wildman–Crippen MR) is 74.5 cm³/mol. The summed E-state index contributed by atoms with van der Waals surface area (Å²) in [7, 11) is 3.19. The first-order valence-electron chi connectivity index (χ1n) is 5.99. The van der Waals surface area contributed by atoms with Crippen LogP contribution in [0.25, 0.3) is 0 Å². The zero-order valence-corrected chi connectivity index (χ0v) is 11.6. The molecule has 1 aromatic rings. The lowest BCUT2D eigenvalue weighted by Crippen LogP contribution is -2.41. The van der Waals surface area contributed by atoms with Gasteiger partial charge in [0, 0.05) is 60.7 Å². The molecule has 1 heterocycles. The molecule has 98 valence electrons. The molecule has 0 aliphatic carbocycles. The fraction of sp³-hybridized carbons (Fsp3) is 0.462. The number of hydrogen-bond donors (Lipinski definition) is 0. The Morgan fingerprint density at radius 1 is 1.17 bits per heavy atom. The monoisotopic (exact) mass is 266 g/mol. The standard InChI is InChI=1S/C13H18N2O2S/c1-14(2)12-5-3-11(4-6-12)13(16)15-7-9-18(17)10-8-15/h3-6H,7-10H2,1-2H3. The Labute approximate surface area is 110 Å². The molecule has 1 aliphatic heterocycles. The number of carbonyl (C=O) groups is 1. The second-order valence-corrected chi connectivity index (χ2v) is 6.28. The van der Waals surface area contributed by atoms with E-state index in [1.165, 1.54) is 0 Å². The maximum absolute atomic E-state index is 12.2. The van der Waals surface area contributed by atoms with Gasteiger partial charge in [-0.25, -0.2) is 0 Å². The molecular formula is C13H18N2O2S. The Bertz CT molecular complexity index is 447. The summed E-state index contributed by atoms with van der Waals surface area (Å²) in [6.07, 6.45) is 0. The van der Waals surface area contributed by atoms with Crippen molar-refractivity contribution in [1.29, 1.82) is 0 Å². The molecule has 0 unspecified atom stereocenters. The quantitative estimate of drug-likeness (QED) is 0.800. The molecule has 1 aliphatic rings. The second-order valence-electron chi connectivity index (χ2n) is 4.58. The Hall–Kier alpha value is -1.36. The lowest BCUT2D eigenvalue weighted by molar-refractivity contribution is 0.0771. The second kappa shape index (κ2) is 5.52. The van der Waals surface area contributed by atoms with Gasteiger partial charge in [-0.2, -0.15) is 0 Å².